The fraction of sp³-hybridized carbons (Fsp3) is 0.294. The zero-order valence-electron chi connectivity index (χ0n) is 11.2. The van der Waals surface area contributed by atoms with E-state index in [1.54, 1.807) is 0 Å². The Morgan fingerprint density at radius 2 is 1.21 bits per heavy atom. The Labute approximate surface area is 114 Å². The summed E-state index contributed by atoms with van der Waals surface area (Å²) in [6, 6.07) is 13.5. The van der Waals surface area contributed by atoms with Gasteiger partial charge in [-0.2, -0.15) is 0 Å². The van der Waals surface area contributed by atoms with Crippen LogP contribution in [-0.2, 0) is 19.3 Å². The zero-order chi connectivity index (χ0) is 13.2. The molecule has 0 saturated carbocycles. The number of benzene rings is 2. The minimum atomic E-state index is 0.715. The van der Waals surface area contributed by atoms with E-state index in [0.29, 0.717) is 13.1 Å². The lowest BCUT2D eigenvalue weighted by Gasteiger charge is -2.05. The highest BCUT2D eigenvalue weighted by Crippen LogP contribution is 2.37. The van der Waals surface area contributed by atoms with Gasteiger partial charge in [0.25, 0.3) is 0 Å². The normalized spacial score (nSPS) is 12.3. The molecular weight excluding hydrogens is 232 g/mol. The molecule has 0 saturated heterocycles. The van der Waals surface area contributed by atoms with Crippen molar-refractivity contribution in [1.29, 1.82) is 0 Å². The first-order valence-electron chi connectivity index (χ1n) is 6.96. The van der Waals surface area contributed by atoms with Crippen molar-refractivity contribution in [1.82, 2.24) is 0 Å². The predicted molar refractivity (Wildman–Crippen MR) is 80.2 cm³/mol. The van der Waals surface area contributed by atoms with Crippen LogP contribution >= 0.6 is 0 Å². The van der Waals surface area contributed by atoms with Crippen molar-refractivity contribution in [2.45, 2.75) is 19.3 Å². The summed E-state index contributed by atoms with van der Waals surface area (Å²) >= 11 is 0. The van der Waals surface area contributed by atoms with Gasteiger partial charge < -0.3 is 11.5 Å². The molecule has 2 nitrogen and oxygen atoms in total. The fourth-order valence-corrected chi connectivity index (χ4v) is 2.96. The summed E-state index contributed by atoms with van der Waals surface area (Å²) in [7, 11) is 0. The van der Waals surface area contributed by atoms with Gasteiger partial charge in [-0.15, -0.1) is 0 Å². The van der Waals surface area contributed by atoms with Gasteiger partial charge in [0.15, 0.2) is 0 Å². The van der Waals surface area contributed by atoms with E-state index in [2.05, 4.69) is 36.4 Å². The molecular formula is C17H20N2. The summed E-state index contributed by atoms with van der Waals surface area (Å²) in [5.74, 6) is 0. The lowest BCUT2D eigenvalue weighted by molar-refractivity contribution is 0.963. The van der Waals surface area contributed by atoms with Crippen LogP contribution in [0.1, 0.15) is 22.3 Å². The molecule has 1 aliphatic rings. The fourth-order valence-electron chi connectivity index (χ4n) is 2.96. The number of hydrogen-bond acceptors (Lipinski definition) is 2. The molecule has 0 aliphatic heterocycles. The van der Waals surface area contributed by atoms with E-state index in [-0.39, 0.29) is 0 Å². The summed E-state index contributed by atoms with van der Waals surface area (Å²) in [6.45, 7) is 1.43. The van der Waals surface area contributed by atoms with Crippen molar-refractivity contribution in [3.8, 4) is 11.1 Å². The minimum absolute atomic E-state index is 0.715. The summed E-state index contributed by atoms with van der Waals surface area (Å²) in [5, 5.41) is 0. The van der Waals surface area contributed by atoms with Crippen LogP contribution in [0.15, 0.2) is 36.4 Å². The highest BCUT2D eigenvalue weighted by molar-refractivity contribution is 5.77. The molecule has 0 radical (unpaired) electrons. The predicted octanol–water partition coefficient (Wildman–Crippen LogP) is 2.26. The molecule has 0 fully saturated rings. The topological polar surface area (TPSA) is 52.0 Å². The minimum Gasteiger partial charge on any atom is -0.330 e. The lowest BCUT2D eigenvalue weighted by atomic mass is 10.0. The van der Waals surface area contributed by atoms with Gasteiger partial charge in [0, 0.05) is 0 Å². The van der Waals surface area contributed by atoms with Gasteiger partial charge in [0.2, 0.25) is 0 Å². The largest absolute Gasteiger partial charge is 0.330 e. The zero-order valence-corrected chi connectivity index (χ0v) is 11.2. The van der Waals surface area contributed by atoms with Crippen molar-refractivity contribution in [3.05, 3.63) is 58.7 Å². The van der Waals surface area contributed by atoms with Gasteiger partial charge in [-0.1, -0.05) is 36.4 Å². The first-order chi connectivity index (χ1) is 9.31. The molecule has 2 aromatic carbocycles. The van der Waals surface area contributed by atoms with E-state index in [9.17, 15) is 0 Å². The number of hydrogen-bond donors (Lipinski definition) is 2. The summed E-state index contributed by atoms with van der Waals surface area (Å²) < 4.78 is 0. The highest BCUT2D eigenvalue weighted by atomic mass is 14.5. The molecule has 19 heavy (non-hydrogen) atoms. The van der Waals surface area contributed by atoms with Crippen molar-refractivity contribution in [2.24, 2.45) is 11.5 Å². The summed E-state index contributed by atoms with van der Waals surface area (Å²) in [4.78, 5) is 0. The Balaban J connectivity index is 1.96. The smallest absolute Gasteiger partial charge is 0.00133 e. The van der Waals surface area contributed by atoms with Gasteiger partial charge >= 0.3 is 0 Å². The van der Waals surface area contributed by atoms with E-state index in [1.807, 2.05) is 0 Å². The molecule has 1 aliphatic carbocycles. The third-order valence-electron chi connectivity index (χ3n) is 3.88. The van der Waals surface area contributed by atoms with Crippen LogP contribution in [0.5, 0.6) is 0 Å². The van der Waals surface area contributed by atoms with Crippen LogP contribution in [-0.4, -0.2) is 13.1 Å². The average Bonchev–Trinajstić information content (AvgIpc) is 2.76. The van der Waals surface area contributed by atoms with Crippen LogP contribution in [0.3, 0.4) is 0 Å². The summed E-state index contributed by atoms with van der Waals surface area (Å²) in [6.07, 6.45) is 2.96. The average molecular weight is 252 g/mol. The maximum atomic E-state index is 5.63. The Morgan fingerprint density at radius 1 is 0.737 bits per heavy atom. The van der Waals surface area contributed by atoms with Crippen LogP contribution < -0.4 is 11.5 Å². The maximum Gasteiger partial charge on any atom is -0.00133 e. The van der Waals surface area contributed by atoms with Crippen molar-refractivity contribution < 1.29 is 0 Å². The van der Waals surface area contributed by atoms with E-state index >= 15 is 0 Å². The molecule has 3 rings (SSSR count). The Hall–Kier alpha value is -1.64. The number of rotatable bonds is 4. The standard InChI is InChI=1S/C17H20N2/c18-7-5-12-1-3-16-14(9-12)11-15-10-13(6-8-19)2-4-17(15)16/h1-4,9-10H,5-8,11,18-19H2. The SMILES string of the molecule is NCCc1ccc2c(c1)Cc1cc(CCN)ccc1-2. The first-order valence-corrected chi connectivity index (χ1v) is 6.96. The van der Waals surface area contributed by atoms with Crippen LogP contribution in [0.25, 0.3) is 11.1 Å². The van der Waals surface area contributed by atoms with E-state index in [0.717, 1.165) is 19.3 Å². The van der Waals surface area contributed by atoms with Gasteiger partial charge in [-0.3, -0.25) is 0 Å². The van der Waals surface area contributed by atoms with E-state index in [1.165, 1.54) is 33.4 Å². The monoisotopic (exact) mass is 252 g/mol. The maximum absolute atomic E-state index is 5.63. The molecule has 0 unspecified atom stereocenters. The third kappa shape index (κ3) is 2.29. The molecule has 0 aromatic heterocycles. The second-order valence-corrected chi connectivity index (χ2v) is 5.24. The van der Waals surface area contributed by atoms with Crippen molar-refractivity contribution in [3.63, 3.8) is 0 Å². The lowest BCUT2D eigenvalue weighted by Crippen LogP contribution is -2.02. The first kappa shape index (κ1) is 12.4. The van der Waals surface area contributed by atoms with Gasteiger partial charge in [-0.25, -0.2) is 0 Å². The van der Waals surface area contributed by atoms with Crippen molar-refractivity contribution >= 4 is 0 Å². The van der Waals surface area contributed by atoms with Gasteiger partial charge in [-0.05, 0) is 65.7 Å². The highest BCUT2D eigenvalue weighted by Gasteiger charge is 2.18. The second-order valence-electron chi connectivity index (χ2n) is 5.24. The van der Waals surface area contributed by atoms with Crippen molar-refractivity contribution in [2.75, 3.05) is 13.1 Å². The summed E-state index contributed by atoms with van der Waals surface area (Å²) in [5.41, 5.74) is 19.6. The quantitative estimate of drug-likeness (QED) is 0.748. The molecule has 0 spiro atoms. The Kier molecular flexibility index (Phi) is 3.36. The molecule has 4 N–H and O–H groups in total. The van der Waals surface area contributed by atoms with Gasteiger partial charge in [0.05, 0.1) is 0 Å². The second kappa shape index (κ2) is 5.16. The number of nitrogens with two attached hydrogens (primary N) is 2. The van der Waals surface area contributed by atoms with Gasteiger partial charge in [0.1, 0.15) is 0 Å². The molecule has 0 heterocycles. The third-order valence-corrected chi connectivity index (χ3v) is 3.88. The Morgan fingerprint density at radius 3 is 1.63 bits per heavy atom. The van der Waals surface area contributed by atoms with Crippen LogP contribution in [0.2, 0.25) is 0 Å². The van der Waals surface area contributed by atoms with E-state index < -0.39 is 0 Å². The molecule has 0 amide bonds. The van der Waals surface area contributed by atoms with Crippen LogP contribution in [0, 0.1) is 0 Å². The van der Waals surface area contributed by atoms with E-state index in [4.69, 9.17) is 11.5 Å². The van der Waals surface area contributed by atoms with Crippen LogP contribution in [0.4, 0.5) is 0 Å². The molecule has 98 valence electrons. The molecule has 2 heteroatoms. The molecule has 2 aromatic rings. The molecule has 0 bridgehead atoms. The molecule has 0 atom stereocenters. The number of fused-ring (bicyclic) bond motifs is 3. The Bertz CT molecular complexity index is 549.